The van der Waals surface area contributed by atoms with E-state index in [-0.39, 0.29) is 46.9 Å². The van der Waals surface area contributed by atoms with Crippen molar-refractivity contribution in [3.05, 3.63) is 58.9 Å². The molecule has 3 N–H and O–H groups in total. The van der Waals surface area contributed by atoms with E-state index in [1.807, 2.05) is 0 Å². The number of benzene rings is 1. The molecule has 10 heteroatoms. The van der Waals surface area contributed by atoms with Crippen molar-refractivity contribution < 1.29 is 23.0 Å². The van der Waals surface area contributed by atoms with Gasteiger partial charge in [0.2, 0.25) is 5.88 Å². The third-order valence-electron chi connectivity index (χ3n) is 4.55. The van der Waals surface area contributed by atoms with E-state index in [1.165, 1.54) is 37.6 Å². The first-order valence-corrected chi connectivity index (χ1v) is 9.01. The average Bonchev–Trinajstić information content (AvgIpc) is 2.73. The van der Waals surface area contributed by atoms with Crippen LogP contribution in [0.25, 0.3) is 0 Å². The van der Waals surface area contributed by atoms with Crippen LogP contribution in [0.1, 0.15) is 28.5 Å². The van der Waals surface area contributed by atoms with Gasteiger partial charge >= 0.3 is 0 Å². The van der Waals surface area contributed by atoms with Gasteiger partial charge in [0.15, 0.2) is 11.6 Å². The normalized spacial score (nSPS) is 18.2. The molecule has 1 atom stereocenters. The lowest BCUT2D eigenvalue weighted by molar-refractivity contribution is 0.0988. The smallest absolute Gasteiger partial charge is 0.288 e. The second kappa shape index (κ2) is 8.44. The number of Topliss-reactive ketones (excluding diaryl/α,β-unsaturated/α-hetero) is 1. The molecule has 0 fully saturated rings. The maximum absolute atomic E-state index is 14.6. The molecule has 0 bridgehead atoms. The number of halogens is 2. The molecule has 158 valence electrons. The number of hydrogen-bond acceptors (Lipinski definition) is 8. The van der Waals surface area contributed by atoms with E-state index in [2.05, 4.69) is 20.3 Å². The van der Waals surface area contributed by atoms with Gasteiger partial charge in [-0.3, -0.25) is 4.79 Å². The highest BCUT2D eigenvalue weighted by atomic mass is 19.1. The Labute approximate surface area is 171 Å². The summed E-state index contributed by atoms with van der Waals surface area (Å²) in [5.41, 5.74) is 5.14. The molecule has 0 spiro atoms. The third kappa shape index (κ3) is 4.22. The summed E-state index contributed by atoms with van der Waals surface area (Å²) < 4.78 is 37.7. The molecule has 2 aromatic rings. The van der Waals surface area contributed by atoms with Crippen LogP contribution in [0.15, 0.2) is 41.2 Å². The zero-order valence-corrected chi connectivity index (χ0v) is 16.7. The number of anilines is 1. The van der Waals surface area contributed by atoms with Crippen LogP contribution < -0.4 is 15.8 Å². The van der Waals surface area contributed by atoms with Crippen molar-refractivity contribution in [2.45, 2.75) is 18.9 Å². The number of nitrogens with one attached hydrogen (secondary N) is 1. The summed E-state index contributed by atoms with van der Waals surface area (Å²) in [7, 11) is 3.05. The van der Waals surface area contributed by atoms with Crippen molar-refractivity contribution in [2.75, 3.05) is 26.1 Å². The summed E-state index contributed by atoms with van der Waals surface area (Å²) in [6.07, 6.45) is 2.64. The van der Waals surface area contributed by atoms with Gasteiger partial charge in [-0.2, -0.15) is 4.98 Å². The fourth-order valence-electron chi connectivity index (χ4n) is 3.15. The number of methoxy groups -OCH3 is 1. The molecule has 0 unspecified atom stereocenters. The van der Waals surface area contributed by atoms with Gasteiger partial charge in [0.1, 0.15) is 29.5 Å². The zero-order chi connectivity index (χ0) is 21.9. The molecule has 0 amide bonds. The second-order valence-electron chi connectivity index (χ2n) is 6.72. The Morgan fingerprint density at radius 1 is 1.40 bits per heavy atom. The molecular formula is C20H21F2N5O3. The Bertz CT molecular complexity index is 1040. The van der Waals surface area contributed by atoms with Crippen molar-refractivity contribution in [1.82, 2.24) is 9.97 Å². The predicted octanol–water partition coefficient (Wildman–Crippen LogP) is 2.50. The number of amidine groups is 1. The predicted molar refractivity (Wildman–Crippen MR) is 107 cm³/mol. The van der Waals surface area contributed by atoms with Crippen molar-refractivity contribution >= 4 is 17.6 Å². The van der Waals surface area contributed by atoms with E-state index in [0.717, 1.165) is 0 Å². The number of hydrogen-bond donors (Lipinski definition) is 2. The number of carbonyl (C=O) groups is 1. The number of alkyl halides is 1. The lowest BCUT2D eigenvalue weighted by Gasteiger charge is -2.28. The van der Waals surface area contributed by atoms with E-state index < -0.39 is 18.0 Å². The number of rotatable bonds is 7. The van der Waals surface area contributed by atoms with Crippen LogP contribution in [-0.4, -0.2) is 42.6 Å². The van der Waals surface area contributed by atoms with Crippen molar-refractivity contribution in [1.29, 1.82) is 0 Å². The molecule has 1 aliphatic heterocycles. The highest BCUT2D eigenvalue weighted by Crippen LogP contribution is 2.34. The van der Waals surface area contributed by atoms with E-state index >= 15 is 0 Å². The number of aliphatic imine (C=N–C) groups is 1. The van der Waals surface area contributed by atoms with Crippen molar-refractivity contribution in [3.63, 3.8) is 0 Å². The first-order chi connectivity index (χ1) is 14.3. The number of nitrogens with two attached hydrogens (primary N) is 1. The molecule has 0 radical (unpaired) electrons. The van der Waals surface area contributed by atoms with Crippen LogP contribution in [0.5, 0.6) is 5.88 Å². The van der Waals surface area contributed by atoms with Crippen LogP contribution >= 0.6 is 0 Å². The summed E-state index contributed by atoms with van der Waals surface area (Å²) in [4.78, 5) is 25.2. The summed E-state index contributed by atoms with van der Waals surface area (Å²) >= 11 is 0. The van der Waals surface area contributed by atoms with Gasteiger partial charge in [0.25, 0.3) is 6.02 Å². The number of aromatic nitrogens is 2. The Morgan fingerprint density at radius 3 is 2.83 bits per heavy atom. The molecule has 1 aromatic carbocycles. The number of ether oxygens (including phenoxy) is 2. The SMILES string of the molecule is CNc1nc(OC)cnc1C(=O)Cc1ccc(F)c([C@]2(C)C=C(CF)OC(N)=N2)c1. The monoisotopic (exact) mass is 417 g/mol. The molecule has 0 aliphatic carbocycles. The molecule has 30 heavy (non-hydrogen) atoms. The lowest BCUT2D eigenvalue weighted by Crippen LogP contribution is -2.31. The lowest BCUT2D eigenvalue weighted by atomic mass is 9.88. The standard InChI is InChI=1S/C20H21F2N5O3/c1-20(8-12(9-21)30-19(23)27-20)13-6-11(4-5-14(13)22)7-15(28)17-18(24-2)26-16(29-3)10-25-17/h4-6,8,10H,7,9H2,1-3H3,(H2,23,27)(H,24,26)/t20-/m0/s1. The topological polar surface area (TPSA) is 112 Å². The Kier molecular flexibility index (Phi) is 5.95. The summed E-state index contributed by atoms with van der Waals surface area (Å²) in [6, 6.07) is 3.95. The van der Waals surface area contributed by atoms with Gasteiger partial charge in [-0.15, -0.1) is 0 Å². The molecule has 2 heterocycles. The molecule has 1 aliphatic rings. The number of allylic oxidation sites excluding steroid dienone is 1. The highest BCUT2D eigenvalue weighted by Gasteiger charge is 2.32. The third-order valence-corrected chi connectivity index (χ3v) is 4.55. The molecule has 1 aromatic heterocycles. The first kappa shape index (κ1) is 21.2. The van der Waals surface area contributed by atoms with Crippen molar-refractivity contribution in [3.8, 4) is 5.88 Å². The van der Waals surface area contributed by atoms with Gasteiger partial charge in [-0.1, -0.05) is 6.07 Å². The number of carbonyl (C=O) groups excluding carboxylic acids is 1. The molecular weight excluding hydrogens is 396 g/mol. The average molecular weight is 417 g/mol. The van der Waals surface area contributed by atoms with Gasteiger partial charge in [-0.05, 0) is 30.7 Å². The zero-order valence-electron chi connectivity index (χ0n) is 16.7. The summed E-state index contributed by atoms with van der Waals surface area (Å²) in [6.45, 7) is 0.671. The summed E-state index contributed by atoms with van der Waals surface area (Å²) in [5.74, 6) is -0.420. The van der Waals surface area contributed by atoms with Crippen LogP contribution in [0.4, 0.5) is 14.6 Å². The van der Waals surface area contributed by atoms with Crippen LogP contribution in [0, 0.1) is 5.82 Å². The number of ketones is 1. The Hall–Kier alpha value is -3.56. The minimum absolute atomic E-state index is 0.0574. The second-order valence-corrected chi connectivity index (χ2v) is 6.72. The maximum atomic E-state index is 14.6. The van der Waals surface area contributed by atoms with E-state index in [0.29, 0.717) is 5.56 Å². The summed E-state index contributed by atoms with van der Waals surface area (Å²) in [5, 5.41) is 2.81. The van der Waals surface area contributed by atoms with E-state index in [9.17, 15) is 13.6 Å². The van der Waals surface area contributed by atoms with E-state index in [1.54, 1.807) is 14.0 Å². The van der Waals surface area contributed by atoms with Gasteiger partial charge < -0.3 is 20.5 Å². The van der Waals surface area contributed by atoms with Gasteiger partial charge in [-0.25, -0.2) is 18.8 Å². The largest absolute Gasteiger partial charge is 0.480 e. The van der Waals surface area contributed by atoms with E-state index in [4.69, 9.17) is 15.2 Å². The van der Waals surface area contributed by atoms with Gasteiger partial charge in [0.05, 0.1) is 13.3 Å². The Morgan fingerprint density at radius 2 is 2.17 bits per heavy atom. The minimum Gasteiger partial charge on any atom is -0.480 e. The minimum atomic E-state index is -1.27. The van der Waals surface area contributed by atoms with Crippen molar-refractivity contribution in [2.24, 2.45) is 10.7 Å². The van der Waals surface area contributed by atoms with Crippen LogP contribution in [0.2, 0.25) is 0 Å². The number of nitrogens with zero attached hydrogens (tertiary/aromatic N) is 3. The van der Waals surface area contributed by atoms with Crippen LogP contribution in [0.3, 0.4) is 0 Å². The molecule has 8 nitrogen and oxygen atoms in total. The van der Waals surface area contributed by atoms with Crippen LogP contribution in [-0.2, 0) is 16.7 Å². The first-order valence-electron chi connectivity index (χ1n) is 9.01. The molecule has 0 saturated carbocycles. The molecule has 0 saturated heterocycles. The molecule has 3 rings (SSSR count). The maximum Gasteiger partial charge on any atom is 0.288 e. The van der Waals surface area contributed by atoms with Gasteiger partial charge in [0, 0.05) is 19.0 Å². The fraction of sp³-hybridized carbons (Fsp3) is 0.300. The Balaban J connectivity index is 1.94. The highest BCUT2D eigenvalue weighted by molar-refractivity contribution is 5.99. The fourth-order valence-corrected chi connectivity index (χ4v) is 3.15. The quantitative estimate of drug-likeness (QED) is 0.666.